The molecule has 0 aliphatic carbocycles. The maximum atomic E-state index is 14.6. The molecule has 0 aliphatic heterocycles. The van der Waals surface area contributed by atoms with Gasteiger partial charge in [-0.1, -0.05) is 66.7 Å². The zero-order chi connectivity index (χ0) is 49.5. The molecule has 0 fully saturated rings. The predicted molar refractivity (Wildman–Crippen MR) is 256 cm³/mol. The Balaban J connectivity index is 1.48. The normalized spacial score (nSPS) is 13.8. The second-order valence-electron chi connectivity index (χ2n) is 16.2. The molecule has 0 aliphatic rings. The second kappa shape index (κ2) is 24.3. The molecule has 5 aromatic rings. The van der Waals surface area contributed by atoms with Crippen molar-refractivity contribution in [1.29, 1.82) is 0 Å². The maximum Gasteiger partial charge on any atom is 0.310 e. The van der Waals surface area contributed by atoms with Crippen LogP contribution in [0.25, 0.3) is 21.7 Å². The van der Waals surface area contributed by atoms with Crippen molar-refractivity contribution in [2.24, 2.45) is 22.9 Å². The second-order valence-corrected chi connectivity index (χ2v) is 16.6. The number of hydrogen-bond donors (Lipinski definition) is 12. The van der Waals surface area contributed by atoms with Crippen LogP contribution in [-0.2, 0) is 52.8 Å². The molecule has 21 nitrogen and oxygen atoms in total. The van der Waals surface area contributed by atoms with Crippen molar-refractivity contribution in [2.45, 2.75) is 81.2 Å². The lowest BCUT2D eigenvalue weighted by atomic mass is 9.99. The van der Waals surface area contributed by atoms with Crippen LogP contribution in [-0.4, -0.2) is 105 Å². The number of thiol groups is 1. The van der Waals surface area contributed by atoms with Crippen LogP contribution in [0.1, 0.15) is 42.4 Å². The number of nitrogens with zero attached hydrogens (tertiary/aromatic N) is 1. The summed E-state index contributed by atoms with van der Waals surface area (Å²) in [6.45, 7) is 0.234. The lowest BCUT2D eigenvalue weighted by Gasteiger charge is -2.27. The van der Waals surface area contributed by atoms with Gasteiger partial charge >= 0.3 is 5.69 Å². The topological polar surface area (TPSA) is 363 Å². The minimum atomic E-state index is -1.52. The molecule has 15 N–H and O–H groups in total. The number of nitrogens with one attached hydrogen (secondary N) is 6. The number of carbonyl (C=O) groups excluding carboxylic acids is 7. The number of amides is 7. The molecule has 5 rings (SSSR count). The van der Waals surface area contributed by atoms with Gasteiger partial charge in [0.05, 0.1) is 17.4 Å². The van der Waals surface area contributed by atoms with Gasteiger partial charge in [-0.25, -0.2) is 0 Å². The molecule has 22 heteroatoms. The molecular formula is C46H55N11O10S. The van der Waals surface area contributed by atoms with Crippen LogP contribution in [0.3, 0.4) is 0 Å². The smallest absolute Gasteiger partial charge is 0.310 e. The van der Waals surface area contributed by atoms with E-state index in [1.165, 1.54) is 6.07 Å². The molecule has 7 amide bonds. The van der Waals surface area contributed by atoms with Crippen molar-refractivity contribution >= 4 is 81.3 Å². The number of primary amides is 2. The van der Waals surface area contributed by atoms with Gasteiger partial charge in [-0.2, -0.15) is 12.6 Å². The van der Waals surface area contributed by atoms with Crippen molar-refractivity contribution in [3.63, 3.8) is 0 Å². The summed E-state index contributed by atoms with van der Waals surface area (Å²) in [5.74, 6) is -6.91. The molecule has 0 radical (unpaired) electrons. The molecule has 0 saturated carbocycles. The van der Waals surface area contributed by atoms with Crippen molar-refractivity contribution in [2.75, 3.05) is 12.3 Å². The lowest BCUT2D eigenvalue weighted by molar-refractivity contribution is -0.385. The number of nitro groups is 1. The zero-order valence-corrected chi connectivity index (χ0v) is 37.7. The first-order chi connectivity index (χ1) is 32.5. The number of rotatable bonds is 25. The number of unbranched alkanes of at least 4 members (excludes halogenated alkanes) is 1. The van der Waals surface area contributed by atoms with Gasteiger partial charge in [-0.3, -0.25) is 43.7 Å². The maximum absolute atomic E-state index is 14.6. The highest BCUT2D eigenvalue weighted by Gasteiger charge is 2.34. The summed E-state index contributed by atoms with van der Waals surface area (Å²) >= 11 is 4.07. The molecule has 4 aromatic carbocycles. The number of aromatic nitrogens is 1. The van der Waals surface area contributed by atoms with Crippen LogP contribution < -0.4 is 49.5 Å². The molecule has 360 valence electrons. The van der Waals surface area contributed by atoms with Crippen molar-refractivity contribution in [1.82, 2.24) is 31.6 Å². The number of phenols is 1. The minimum Gasteiger partial charge on any atom is -0.502 e. The van der Waals surface area contributed by atoms with Gasteiger partial charge in [-0.05, 0) is 65.4 Å². The zero-order valence-electron chi connectivity index (χ0n) is 36.8. The number of para-hydroxylation sites is 1. The molecule has 6 atom stereocenters. The first kappa shape index (κ1) is 51.4. The SMILES string of the molecule is NCCCC[C@H](NC(=O)[C@H](Cc1c[nH]c2ccccc12)NC(=O)C(Cc1ccc2ccccc2c1)NC(=O)[C@@H](N)CC(N)=O)C(=O)N[C@@H](Cc1ccc(O)c([N+](=O)[O-])c1)C(=O)N[C@@H](CS)C(N)=O. The predicted octanol–water partition coefficient (Wildman–Crippen LogP) is 0.134. The number of aromatic hydroxyl groups is 1. The van der Waals surface area contributed by atoms with Crippen molar-refractivity contribution < 1.29 is 43.6 Å². The van der Waals surface area contributed by atoms with Crippen LogP contribution in [0.4, 0.5) is 5.69 Å². The van der Waals surface area contributed by atoms with E-state index in [0.29, 0.717) is 24.0 Å². The summed E-state index contributed by atoms with van der Waals surface area (Å²) in [7, 11) is 0. The lowest BCUT2D eigenvalue weighted by Crippen LogP contribution is -2.60. The van der Waals surface area contributed by atoms with Crippen LogP contribution >= 0.6 is 12.6 Å². The van der Waals surface area contributed by atoms with E-state index in [1.807, 2.05) is 54.6 Å². The first-order valence-electron chi connectivity index (χ1n) is 21.6. The fourth-order valence-corrected chi connectivity index (χ4v) is 7.74. The van der Waals surface area contributed by atoms with E-state index in [4.69, 9.17) is 22.9 Å². The molecule has 1 aromatic heterocycles. The fraction of sp³-hybridized carbons (Fsp3) is 0.326. The van der Waals surface area contributed by atoms with E-state index in [1.54, 1.807) is 18.3 Å². The van der Waals surface area contributed by atoms with Crippen molar-refractivity contribution in [3.05, 3.63) is 118 Å². The summed E-state index contributed by atoms with van der Waals surface area (Å²) in [4.78, 5) is 108. The highest BCUT2D eigenvalue weighted by molar-refractivity contribution is 7.80. The molecule has 1 heterocycles. The van der Waals surface area contributed by atoms with Gasteiger partial charge in [0.2, 0.25) is 41.4 Å². The summed E-state index contributed by atoms with van der Waals surface area (Å²) < 4.78 is 0. The number of nitro benzene ring substituents is 1. The van der Waals surface area contributed by atoms with Crippen LogP contribution in [0.5, 0.6) is 5.75 Å². The number of carbonyl (C=O) groups is 7. The van der Waals surface area contributed by atoms with Gasteiger partial charge in [0.1, 0.15) is 30.2 Å². The number of benzene rings is 4. The van der Waals surface area contributed by atoms with E-state index in [0.717, 1.165) is 33.8 Å². The van der Waals surface area contributed by atoms with Gasteiger partial charge in [-0.15, -0.1) is 0 Å². The van der Waals surface area contributed by atoms with Crippen LogP contribution in [0, 0.1) is 10.1 Å². The highest BCUT2D eigenvalue weighted by atomic mass is 32.1. The van der Waals surface area contributed by atoms with Crippen molar-refractivity contribution in [3.8, 4) is 5.75 Å². The van der Waals surface area contributed by atoms with E-state index >= 15 is 0 Å². The third-order valence-electron chi connectivity index (χ3n) is 11.1. The molecule has 0 spiro atoms. The monoisotopic (exact) mass is 953 g/mol. The Labute approximate surface area is 395 Å². The Kier molecular flexibility index (Phi) is 18.4. The third-order valence-corrected chi connectivity index (χ3v) is 11.5. The van der Waals surface area contributed by atoms with Gasteiger partial charge < -0.3 is 59.6 Å². The number of phenolic OH excluding ortho intramolecular Hbond substituents is 1. The Bertz CT molecular complexity index is 2660. The Morgan fingerprint density at radius 2 is 1.22 bits per heavy atom. The van der Waals surface area contributed by atoms with Crippen LogP contribution in [0.15, 0.2) is 91.1 Å². The first-order valence-corrected chi connectivity index (χ1v) is 22.3. The molecule has 0 bridgehead atoms. The average Bonchev–Trinajstić information content (AvgIpc) is 3.72. The molecule has 1 unspecified atom stereocenters. The molecule has 68 heavy (non-hydrogen) atoms. The Morgan fingerprint density at radius 1 is 0.676 bits per heavy atom. The average molecular weight is 954 g/mol. The van der Waals surface area contributed by atoms with Crippen LogP contribution in [0.2, 0.25) is 0 Å². The van der Waals surface area contributed by atoms with Gasteiger partial charge in [0.25, 0.3) is 0 Å². The van der Waals surface area contributed by atoms with E-state index in [9.17, 15) is 48.8 Å². The summed E-state index contributed by atoms with van der Waals surface area (Å²) in [6.07, 6.45) is 1.30. The molecule has 0 saturated heterocycles. The standard InChI is InChI=1S/C46H55N11O10S/c47-16-6-5-11-33(43(62)54-35(45(64)56-37(24-68)41(50)60)19-26-13-15-39(58)38(20-26)57(66)67)52-46(65)36(21-29-23-51-32-10-4-3-9-30(29)32)55-44(63)34(53-42(61)31(48)22-40(49)59)18-25-12-14-27-7-1-2-8-28(27)17-25/h1-4,7-10,12-15,17,20,23,31,33-37,51,58,68H,5-6,11,16,18-19,21-22,24,47-48H2,(H2,49,59)(H2,50,60)(H,52,65)(H,53,61)(H,54,62)(H,55,63)(H,56,64)/t31-,33-,34?,35-,36-,37-/m0/s1. The highest BCUT2D eigenvalue weighted by Crippen LogP contribution is 2.27. The number of fused-ring (bicyclic) bond motifs is 2. The number of hydrogen-bond acceptors (Lipinski definition) is 13. The summed E-state index contributed by atoms with van der Waals surface area (Å²) in [5, 5.41) is 37.3. The minimum absolute atomic E-state index is 0.0134. The van der Waals surface area contributed by atoms with Gasteiger partial charge in [0, 0.05) is 48.2 Å². The summed E-state index contributed by atoms with van der Waals surface area (Å²) in [6, 6.07) is 15.3. The van der Waals surface area contributed by atoms with E-state index < -0.39 is 100 Å². The summed E-state index contributed by atoms with van der Waals surface area (Å²) in [5.41, 5.74) is 24.0. The fourth-order valence-electron chi connectivity index (χ4n) is 7.47. The third kappa shape index (κ3) is 14.2. The Morgan fingerprint density at radius 3 is 1.84 bits per heavy atom. The van der Waals surface area contributed by atoms with E-state index in [2.05, 4.69) is 44.2 Å². The quantitative estimate of drug-likeness (QED) is 0.0161. The largest absolute Gasteiger partial charge is 0.502 e. The number of aromatic amines is 1. The van der Waals surface area contributed by atoms with Gasteiger partial charge in [0.15, 0.2) is 5.75 Å². The number of H-pyrrole nitrogens is 1. The van der Waals surface area contributed by atoms with E-state index in [-0.39, 0.29) is 43.5 Å². The molecular weight excluding hydrogens is 899 g/mol. The number of nitrogens with two attached hydrogens (primary N) is 4. The Hall–Kier alpha value is -7.56.